The minimum Gasteiger partial charge on any atom is -0.292 e. The molecule has 0 unspecified atom stereocenters. The number of aryl methyl sites for hydroxylation is 1. The Morgan fingerprint density at radius 2 is 2.11 bits per heavy atom. The summed E-state index contributed by atoms with van der Waals surface area (Å²) in [5, 5.41) is 4.54. The molecule has 19 heavy (non-hydrogen) atoms. The molecule has 0 spiro atoms. The van der Waals surface area contributed by atoms with E-state index in [0.29, 0.717) is 22.8 Å². The molecule has 0 saturated heterocycles. The first-order valence-corrected chi connectivity index (χ1v) is 6.47. The summed E-state index contributed by atoms with van der Waals surface area (Å²) in [7, 11) is 0. The molecule has 0 amide bonds. The second-order valence-electron chi connectivity index (χ2n) is 3.99. The van der Waals surface area contributed by atoms with Crippen LogP contribution in [0.25, 0.3) is 0 Å². The van der Waals surface area contributed by atoms with E-state index in [4.69, 9.17) is 23.2 Å². The zero-order chi connectivity index (χ0) is 14.0. The lowest BCUT2D eigenvalue weighted by molar-refractivity contribution is 0.0983. The highest BCUT2D eigenvalue weighted by Crippen LogP contribution is 2.22. The third-order valence-corrected chi connectivity index (χ3v) is 3.35. The predicted molar refractivity (Wildman–Crippen MR) is 72.4 cm³/mol. The maximum Gasteiger partial charge on any atom is 0.186 e. The summed E-state index contributed by atoms with van der Waals surface area (Å²) in [5.41, 5.74) is 0.914. The zero-order valence-corrected chi connectivity index (χ0v) is 11.7. The van der Waals surface area contributed by atoms with Gasteiger partial charge in [0.15, 0.2) is 5.78 Å². The molecule has 2 rings (SSSR count). The molecule has 2 aromatic rings. The molecule has 3 nitrogen and oxygen atoms in total. The van der Waals surface area contributed by atoms with Gasteiger partial charge in [0.05, 0.1) is 11.2 Å². The average molecular weight is 301 g/mol. The normalized spacial score (nSPS) is 10.7. The van der Waals surface area contributed by atoms with Crippen LogP contribution in [0.4, 0.5) is 4.39 Å². The molecule has 1 heterocycles. The number of rotatable bonds is 4. The maximum absolute atomic E-state index is 12.9. The minimum absolute atomic E-state index is 0.0600. The number of hydrogen-bond acceptors (Lipinski definition) is 2. The second kappa shape index (κ2) is 5.72. The fourth-order valence-electron chi connectivity index (χ4n) is 1.80. The largest absolute Gasteiger partial charge is 0.292 e. The lowest BCUT2D eigenvalue weighted by Gasteiger charge is -2.06. The van der Waals surface area contributed by atoms with Gasteiger partial charge in [-0.25, -0.2) is 4.39 Å². The first-order valence-electron chi connectivity index (χ1n) is 5.71. The topological polar surface area (TPSA) is 34.9 Å². The van der Waals surface area contributed by atoms with E-state index >= 15 is 0 Å². The Balaban J connectivity index is 2.28. The fourth-order valence-corrected chi connectivity index (χ4v) is 2.28. The van der Waals surface area contributed by atoms with Crippen molar-refractivity contribution in [2.75, 3.05) is 0 Å². The summed E-state index contributed by atoms with van der Waals surface area (Å²) in [6, 6.07) is 3.95. The molecule has 1 aromatic heterocycles. The smallest absolute Gasteiger partial charge is 0.186 e. The Morgan fingerprint density at radius 1 is 1.37 bits per heavy atom. The van der Waals surface area contributed by atoms with Crippen LogP contribution in [-0.2, 0) is 13.0 Å². The van der Waals surface area contributed by atoms with Crippen LogP contribution in [0, 0.1) is 5.82 Å². The number of carbonyl (C=O) groups excluding carboxylic acids is 1. The molecule has 0 atom stereocenters. The number of nitrogens with zero attached hydrogens (tertiary/aromatic N) is 2. The van der Waals surface area contributed by atoms with Crippen LogP contribution in [0.3, 0.4) is 0 Å². The predicted octanol–water partition coefficient (Wildman–Crippen LogP) is 3.77. The van der Waals surface area contributed by atoms with Crippen molar-refractivity contribution in [2.45, 2.75) is 19.9 Å². The molecule has 0 aliphatic carbocycles. The van der Waals surface area contributed by atoms with Gasteiger partial charge < -0.3 is 0 Å². The number of ketones is 1. The summed E-state index contributed by atoms with van der Waals surface area (Å²) in [5.74, 6) is -0.629. The van der Waals surface area contributed by atoms with Gasteiger partial charge in [-0.1, -0.05) is 29.3 Å². The first-order chi connectivity index (χ1) is 9.02. The molecule has 1 aromatic carbocycles. The first kappa shape index (κ1) is 14.0. The van der Waals surface area contributed by atoms with E-state index in [9.17, 15) is 9.18 Å². The van der Waals surface area contributed by atoms with E-state index in [1.54, 1.807) is 0 Å². The van der Waals surface area contributed by atoms with Gasteiger partial charge in [-0.2, -0.15) is 5.10 Å². The van der Waals surface area contributed by atoms with E-state index in [2.05, 4.69) is 5.10 Å². The van der Waals surface area contributed by atoms with E-state index in [0.717, 1.165) is 0 Å². The standard InChI is InChI=1S/C13H11Cl2FN2O/c1-2-18-13(11(15)7-17-18)12(19)5-8-3-4-9(16)6-10(8)14/h3-4,6-7H,2,5H2,1H3. The zero-order valence-electron chi connectivity index (χ0n) is 10.2. The molecular formula is C13H11Cl2FN2O. The number of Topliss-reactive ketones (excluding diaryl/α,β-unsaturated/α-hetero) is 1. The van der Waals surface area contributed by atoms with Crippen LogP contribution in [0.5, 0.6) is 0 Å². The van der Waals surface area contributed by atoms with Crippen LogP contribution in [-0.4, -0.2) is 15.6 Å². The molecule has 0 bridgehead atoms. The van der Waals surface area contributed by atoms with Crippen molar-refractivity contribution in [1.29, 1.82) is 0 Å². The van der Waals surface area contributed by atoms with Crippen LogP contribution in [0.2, 0.25) is 10.0 Å². The molecule has 0 saturated carbocycles. The molecule has 0 radical (unpaired) electrons. The molecule has 0 fully saturated rings. The number of carbonyl (C=O) groups is 1. The minimum atomic E-state index is -0.433. The van der Waals surface area contributed by atoms with Gasteiger partial charge in [-0.3, -0.25) is 9.48 Å². The van der Waals surface area contributed by atoms with Crippen molar-refractivity contribution < 1.29 is 9.18 Å². The summed E-state index contributed by atoms with van der Waals surface area (Å²) >= 11 is 11.9. The van der Waals surface area contributed by atoms with E-state index < -0.39 is 5.82 Å². The Labute approximate surface area is 119 Å². The third kappa shape index (κ3) is 2.96. The van der Waals surface area contributed by atoms with E-state index in [-0.39, 0.29) is 17.2 Å². The van der Waals surface area contributed by atoms with Crippen LogP contribution >= 0.6 is 23.2 Å². The Hall–Kier alpha value is -1.39. The van der Waals surface area contributed by atoms with E-state index in [1.807, 2.05) is 6.92 Å². The molecule has 0 aliphatic rings. The highest BCUT2D eigenvalue weighted by molar-refractivity contribution is 6.34. The quantitative estimate of drug-likeness (QED) is 0.806. The monoisotopic (exact) mass is 300 g/mol. The van der Waals surface area contributed by atoms with Crippen LogP contribution < -0.4 is 0 Å². The Kier molecular flexibility index (Phi) is 4.22. The van der Waals surface area contributed by atoms with Gasteiger partial charge in [-0.15, -0.1) is 0 Å². The second-order valence-corrected chi connectivity index (χ2v) is 4.81. The van der Waals surface area contributed by atoms with Crippen molar-refractivity contribution in [1.82, 2.24) is 9.78 Å². The van der Waals surface area contributed by atoms with Gasteiger partial charge in [-0.05, 0) is 24.6 Å². The van der Waals surface area contributed by atoms with Crippen molar-refractivity contribution in [2.24, 2.45) is 0 Å². The van der Waals surface area contributed by atoms with Gasteiger partial charge in [0, 0.05) is 18.0 Å². The number of hydrogen-bond donors (Lipinski definition) is 0. The summed E-state index contributed by atoms with van der Waals surface area (Å²) < 4.78 is 14.5. The van der Waals surface area contributed by atoms with Gasteiger partial charge >= 0.3 is 0 Å². The fraction of sp³-hybridized carbons (Fsp3) is 0.231. The van der Waals surface area contributed by atoms with Crippen LogP contribution in [0.15, 0.2) is 24.4 Å². The lowest BCUT2D eigenvalue weighted by atomic mass is 10.1. The molecule has 0 aliphatic heterocycles. The SMILES string of the molecule is CCn1ncc(Cl)c1C(=O)Cc1ccc(F)cc1Cl. The van der Waals surface area contributed by atoms with Gasteiger partial charge in [0.25, 0.3) is 0 Å². The molecule has 0 N–H and O–H groups in total. The highest BCUT2D eigenvalue weighted by atomic mass is 35.5. The third-order valence-electron chi connectivity index (χ3n) is 2.72. The van der Waals surface area contributed by atoms with Crippen molar-refractivity contribution in [3.8, 4) is 0 Å². The van der Waals surface area contributed by atoms with Crippen molar-refractivity contribution in [3.63, 3.8) is 0 Å². The number of benzene rings is 1. The number of aromatic nitrogens is 2. The lowest BCUT2D eigenvalue weighted by Crippen LogP contribution is -2.12. The van der Waals surface area contributed by atoms with E-state index in [1.165, 1.54) is 29.1 Å². The van der Waals surface area contributed by atoms with Crippen molar-refractivity contribution in [3.05, 3.63) is 51.5 Å². The Bertz CT molecular complexity index is 625. The summed E-state index contributed by atoms with van der Waals surface area (Å²) in [6.45, 7) is 2.41. The Morgan fingerprint density at radius 3 is 2.74 bits per heavy atom. The highest BCUT2D eigenvalue weighted by Gasteiger charge is 2.18. The summed E-state index contributed by atoms with van der Waals surface area (Å²) in [6.07, 6.45) is 1.50. The van der Waals surface area contributed by atoms with Gasteiger partial charge in [0.2, 0.25) is 0 Å². The maximum atomic E-state index is 12.9. The average Bonchev–Trinajstić information content (AvgIpc) is 2.74. The molecular weight excluding hydrogens is 290 g/mol. The molecule has 100 valence electrons. The van der Waals surface area contributed by atoms with Gasteiger partial charge in [0.1, 0.15) is 11.5 Å². The molecule has 6 heteroatoms. The number of halogens is 3. The van der Waals surface area contributed by atoms with Crippen molar-refractivity contribution >= 4 is 29.0 Å². The summed E-state index contributed by atoms with van der Waals surface area (Å²) in [4.78, 5) is 12.2. The van der Waals surface area contributed by atoms with Crippen LogP contribution in [0.1, 0.15) is 23.0 Å².